The van der Waals surface area contributed by atoms with Crippen LogP contribution in [0.3, 0.4) is 0 Å². The van der Waals surface area contributed by atoms with E-state index in [2.05, 4.69) is 5.32 Å². The van der Waals surface area contributed by atoms with Crippen LogP contribution in [0.1, 0.15) is 31.2 Å². The molecular weight excluding hydrogens is 240 g/mol. The first kappa shape index (κ1) is 13.9. The highest BCUT2D eigenvalue weighted by atomic mass is 16.3. The summed E-state index contributed by atoms with van der Waals surface area (Å²) < 4.78 is 0. The van der Waals surface area contributed by atoms with Crippen molar-refractivity contribution in [3.63, 3.8) is 0 Å². The van der Waals surface area contributed by atoms with Crippen molar-refractivity contribution in [3.05, 3.63) is 29.8 Å². The highest BCUT2D eigenvalue weighted by Gasteiger charge is 2.16. The highest BCUT2D eigenvalue weighted by Crippen LogP contribution is 2.17. The normalized spacial score (nSPS) is 15.6. The second-order valence-electron chi connectivity index (χ2n) is 5.28. The van der Waals surface area contributed by atoms with Crippen molar-refractivity contribution in [2.45, 2.75) is 38.3 Å². The van der Waals surface area contributed by atoms with Crippen LogP contribution in [0.2, 0.25) is 0 Å². The maximum Gasteiger partial charge on any atom is 0.236 e. The lowest BCUT2D eigenvalue weighted by Gasteiger charge is -2.19. The summed E-state index contributed by atoms with van der Waals surface area (Å²) >= 11 is 0. The number of amides is 1. The van der Waals surface area contributed by atoms with Gasteiger partial charge in [0.1, 0.15) is 5.75 Å². The first-order valence-corrected chi connectivity index (χ1v) is 6.90. The molecule has 1 aliphatic carbocycles. The molecule has 2 N–H and O–H groups in total. The molecular formula is C15H22N2O2. The lowest BCUT2D eigenvalue weighted by Crippen LogP contribution is -2.38. The molecule has 0 atom stereocenters. The van der Waals surface area contributed by atoms with E-state index in [0.717, 1.165) is 5.56 Å². The van der Waals surface area contributed by atoms with Gasteiger partial charge in [-0.15, -0.1) is 0 Å². The van der Waals surface area contributed by atoms with Gasteiger partial charge in [-0.2, -0.15) is 0 Å². The zero-order valence-corrected chi connectivity index (χ0v) is 11.4. The molecule has 19 heavy (non-hydrogen) atoms. The first-order valence-electron chi connectivity index (χ1n) is 6.90. The third-order valence-corrected chi connectivity index (χ3v) is 3.68. The Morgan fingerprint density at radius 3 is 2.58 bits per heavy atom. The quantitative estimate of drug-likeness (QED) is 0.852. The zero-order chi connectivity index (χ0) is 13.7. The standard InChI is InChI=1S/C15H22N2O2/c1-17(11-12-6-8-14(18)9-7-12)15(19)10-16-13-4-2-3-5-13/h6-9,13,16,18H,2-5,10-11H2,1H3. The van der Waals surface area contributed by atoms with Crippen LogP contribution in [0.25, 0.3) is 0 Å². The largest absolute Gasteiger partial charge is 0.508 e. The molecule has 0 spiro atoms. The van der Waals surface area contributed by atoms with Gasteiger partial charge in [-0.1, -0.05) is 25.0 Å². The smallest absolute Gasteiger partial charge is 0.236 e. The average Bonchev–Trinajstić information content (AvgIpc) is 2.91. The fraction of sp³-hybridized carbons (Fsp3) is 0.533. The Bertz CT molecular complexity index is 411. The van der Waals surface area contributed by atoms with Crippen LogP contribution in [0, 0.1) is 0 Å². The van der Waals surface area contributed by atoms with Gasteiger partial charge in [0.15, 0.2) is 0 Å². The monoisotopic (exact) mass is 262 g/mol. The van der Waals surface area contributed by atoms with E-state index in [0.29, 0.717) is 19.1 Å². The Morgan fingerprint density at radius 2 is 1.95 bits per heavy atom. The second kappa shape index (κ2) is 6.57. The Kier molecular flexibility index (Phi) is 4.80. The van der Waals surface area contributed by atoms with E-state index in [1.165, 1.54) is 25.7 Å². The summed E-state index contributed by atoms with van der Waals surface area (Å²) in [6.07, 6.45) is 4.92. The third-order valence-electron chi connectivity index (χ3n) is 3.68. The van der Waals surface area contributed by atoms with Gasteiger partial charge in [0.05, 0.1) is 6.54 Å². The Hall–Kier alpha value is -1.55. The van der Waals surface area contributed by atoms with Crippen molar-refractivity contribution in [3.8, 4) is 5.75 Å². The summed E-state index contributed by atoms with van der Waals surface area (Å²) in [6, 6.07) is 7.48. The molecule has 1 aromatic carbocycles. The molecule has 1 aliphatic rings. The van der Waals surface area contributed by atoms with Crippen molar-refractivity contribution in [1.82, 2.24) is 10.2 Å². The molecule has 4 heteroatoms. The predicted molar refractivity (Wildman–Crippen MR) is 74.8 cm³/mol. The molecule has 2 rings (SSSR count). The van der Waals surface area contributed by atoms with E-state index in [9.17, 15) is 9.90 Å². The lowest BCUT2D eigenvalue weighted by atomic mass is 10.2. The predicted octanol–water partition coefficient (Wildman–Crippen LogP) is 1.88. The molecule has 0 heterocycles. The van der Waals surface area contributed by atoms with E-state index in [1.807, 2.05) is 19.2 Å². The van der Waals surface area contributed by atoms with Crippen molar-refractivity contribution in [1.29, 1.82) is 0 Å². The summed E-state index contributed by atoms with van der Waals surface area (Å²) in [5.41, 5.74) is 1.02. The van der Waals surface area contributed by atoms with Gasteiger partial charge in [0.25, 0.3) is 0 Å². The number of rotatable bonds is 5. The number of likely N-dealkylation sites (N-methyl/N-ethyl adjacent to an activating group) is 1. The van der Waals surface area contributed by atoms with E-state index >= 15 is 0 Å². The van der Waals surface area contributed by atoms with Crippen LogP contribution in [-0.2, 0) is 11.3 Å². The van der Waals surface area contributed by atoms with Gasteiger partial charge in [0, 0.05) is 19.6 Å². The van der Waals surface area contributed by atoms with Gasteiger partial charge in [-0.25, -0.2) is 0 Å². The Labute approximate surface area is 114 Å². The minimum absolute atomic E-state index is 0.111. The Morgan fingerprint density at radius 1 is 1.32 bits per heavy atom. The van der Waals surface area contributed by atoms with Gasteiger partial charge in [-0.3, -0.25) is 4.79 Å². The fourth-order valence-corrected chi connectivity index (χ4v) is 2.46. The molecule has 4 nitrogen and oxygen atoms in total. The van der Waals surface area contributed by atoms with Crippen LogP contribution < -0.4 is 5.32 Å². The van der Waals surface area contributed by atoms with Gasteiger partial charge < -0.3 is 15.3 Å². The molecule has 0 saturated heterocycles. The number of nitrogens with one attached hydrogen (secondary N) is 1. The molecule has 0 aliphatic heterocycles. The molecule has 0 radical (unpaired) electrons. The van der Waals surface area contributed by atoms with Crippen molar-refractivity contribution < 1.29 is 9.90 Å². The number of hydrogen-bond acceptors (Lipinski definition) is 3. The first-order chi connectivity index (χ1) is 9.15. The average molecular weight is 262 g/mol. The molecule has 0 unspecified atom stereocenters. The lowest BCUT2D eigenvalue weighted by molar-refractivity contribution is -0.129. The van der Waals surface area contributed by atoms with Gasteiger partial charge in [-0.05, 0) is 30.5 Å². The van der Waals surface area contributed by atoms with Crippen LogP contribution in [0.5, 0.6) is 5.75 Å². The van der Waals surface area contributed by atoms with Crippen molar-refractivity contribution >= 4 is 5.91 Å². The summed E-state index contributed by atoms with van der Waals surface area (Å²) in [5.74, 6) is 0.362. The number of carbonyl (C=O) groups excluding carboxylic acids is 1. The molecule has 104 valence electrons. The summed E-state index contributed by atoms with van der Waals surface area (Å²) in [4.78, 5) is 13.7. The Balaban J connectivity index is 1.76. The molecule has 1 amide bonds. The number of carbonyl (C=O) groups is 1. The topological polar surface area (TPSA) is 52.6 Å². The van der Waals surface area contributed by atoms with Crippen LogP contribution in [0.15, 0.2) is 24.3 Å². The summed E-state index contributed by atoms with van der Waals surface area (Å²) in [5, 5.41) is 12.5. The van der Waals surface area contributed by atoms with Crippen molar-refractivity contribution in [2.24, 2.45) is 0 Å². The zero-order valence-electron chi connectivity index (χ0n) is 11.4. The van der Waals surface area contributed by atoms with E-state index < -0.39 is 0 Å². The van der Waals surface area contributed by atoms with E-state index in [-0.39, 0.29) is 11.7 Å². The number of benzene rings is 1. The van der Waals surface area contributed by atoms with Crippen LogP contribution >= 0.6 is 0 Å². The molecule has 1 aromatic rings. The maximum atomic E-state index is 12.0. The number of phenolic OH excluding ortho intramolecular Hbond substituents is 1. The number of hydrogen-bond donors (Lipinski definition) is 2. The maximum absolute atomic E-state index is 12.0. The molecule has 0 aromatic heterocycles. The van der Waals surface area contributed by atoms with Gasteiger partial charge in [0.2, 0.25) is 5.91 Å². The fourth-order valence-electron chi connectivity index (χ4n) is 2.46. The summed E-state index contributed by atoms with van der Waals surface area (Å²) in [7, 11) is 1.81. The molecule has 1 saturated carbocycles. The number of phenols is 1. The third kappa shape index (κ3) is 4.24. The number of nitrogens with zero attached hydrogens (tertiary/aromatic N) is 1. The van der Waals surface area contributed by atoms with Crippen molar-refractivity contribution in [2.75, 3.05) is 13.6 Å². The van der Waals surface area contributed by atoms with Crippen LogP contribution in [-0.4, -0.2) is 35.5 Å². The minimum atomic E-state index is 0.111. The van der Waals surface area contributed by atoms with Crippen LogP contribution in [0.4, 0.5) is 0 Å². The second-order valence-corrected chi connectivity index (χ2v) is 5.28. The van der Waals surface area contributed by atoms with E-state index in [1.54, 1.807) is 17.0 Å². The van der Waals surface area contributed by atoms with Gasteiger partial charge >= 0.3 is 0 Å². The summed E-state index contributed by atoms with van der Waals surface area (Å²) in [6.45, 7) is 0.991. The number of aromatic hydroxyl groups is 1. The SMILES string of the molecule is CN(Cc1ccc(O)cc1)C(=O)CNC1CCCC1. The highest BCUT2D eigenvalue weighted by molar-refractivity contribution is 5.78. The molecule has 1 fully saturated rings. The van der Waals surface area contributed by atoms with E-state index in [4.69, 9.17) is 0 Å². The molecule has 0 bridgehead atoms. The minimum Gasteiger partial charge on any atom is -0.508 e.